The molecule has 0 unspecified atom stereocenters. The Bertz CT molecular complexity index is 2250. The number of anilines is 3. The quantitative estimate of drug-likeness (QED) is 0.0958. The molecule has 4 aromatic carbocycles. The first-order chi connectivity index (χ1) is 25.8. The van der Waals surface area contributed by atoms with Crippen LogP contribution >= 0.6 is 56.6 Å². The minimum absolute atomic E-state index is 0.190. The van der Waals surface area contributed by atoms with E-state index in [4.69, 9.17) is 4.74 Å². The van der Waals surface area contributed by atoms with E-state index < -0.39 is 0 Å². The Balaban J connectivity index is 0.000000267. The van der Waals surface area contributed by atoms with Crippen LogP contribution in [0.2, 0.25) is 0 Å². The van der Waals surface area contributed by atoms with Gasteiger partial charge in [0.05, 0.1) is 7.11 Å². The number of nitrogens with zero attached hydrogens (tertiary/aromatic N) is 1. The molecule has 266 valence electrons. The number of ether oxygens (including phenoxy) is 1. The lowest BCUT2D eigenvalue weighted by molar-refractivity contribution is -0.140. The van der Waals surface area contributed by atoms with Gasteiger partial charge in [-0.3, -0.25) is 4.79 Å². The van der Waals surface area contributed by atoms with Crippen molar-refractivity contribution in [2.24, 2.45) is 0 Å². The maximum Gasteiger partial charge on any atom is 0.305 e. The molecule has 0 atom stereocenters. The average molecular weight is 862 g/mol. The number of hydrogen-bond donors (Lipinski definition) is 0. The van der Waals surface area contributed by atoms with Gasteiger partial charge in [0.25, 0.3) is 0 Å². The third kappa shape index (κ3) is 11.2. The summed E-state index contributed by atoms with van der Waals surface area (Å²) in [6.07, 6.45) is 9.68. The number of rotatable bonds is 11. The van der Waals surface area contributed by atoms with Crippen molar-refractivity contribution >= 4 is 104 Å². The van der Waals surface area contributed by atoms with Gasteiger partial charge in [-0.15, -0.1) is 34.0 Å². The van der Waals surface area contributed by atoms with Crippen molar-refractivity contribution in [2.75, 3.05) is 12.0 Å². The van der Waals surface area contributed by atoms with Gasteiger partial charge in [0.1, 0.15) is 0 Å². The van der Waals surface area contributed by atoms with E-state index in [2.05, 4.69) is 204 Å². The van der Waals surface area contributed by atoms with Crippen molar-refractivity contribution < 1.29 is 9.53 Å². The van der Waals surface area contributed by atoms with E-state index in [9.17, 15) is 4.79 Å². The molecule has 0 radical (unpaired) electrons. The SMILES string of the molecule is COC(=O)CCc1ccc(N(c2ccc(/C=C/c3ccc(C)s3)cc2)c2ccc(-c3cccs3)cc2)cc1.Cc1ccc(/C=C/c2ccc(I)cc2)s1. The first-order valence-corrected chi connectivity index (χ1v) is 20.9. The summed E-state index contributed by atoms with van der Waals surface area (Å²) in [5, 5.41) is 2.10. The van der Waals surface area contributed by atoms with E-state index in [1.807, 2.05) is 11.3 Å². The fourth-order valence-corrected chi connectivity index (χ4v) is 8.23. The summed E-state index contributed by atoms with van der Waals surface area (Å²) in [5.74, 6) is -0.190. The minimum Gasteiger partial charge on any atom is -0.469 e. The second kappa shape index (κ2) is 19.0. The zero-order valence-electron chi connectivity index (χ0n) is 29.9. The number of hydrogen-bond acceptors (Lipinski definition) is 6. The van der Waals surface area contributed by atoms with E-state index >= 15 is 0 Å². The van der Waals surface area contributed by atoms with Crippen LogP contribution in [0.5, 0.6) is 0 Å². The van der Waals surface area contributed by atoms with Crippen molar-refractivity contribution in [1.82, 2.24) is 0 Å². The van der Waals surface area contributed by atoms with Crippen LogP contribution in [0.15, 0.2) is 139 Å². The molecule has 0 aliphatic heterocycles. The summed E-state index contributed by atoms with van der Waals surface area (Å²) in [7, 11) is 1.43. The Morgan fingerprint density at radius 1 is 0.642 bits per heavy atom. The van der Waals surface area contributed by atoms with Crippen LogP contribution in [0, 0.1) is 17.4 Å². The number of esters is 1. The van der Waals surface area contributed by atoms with Gasteiger partial charge in [-0.2, -0.15) is 0 Å². The summed E-state index contributed by atoms with van der Waals surface area (Å²) in [4.78, 5) is 20.3. The lowest BCUT2D eigenvalue weighted by atomic mass is 10.1. The smallest absolute Gasteiger partial charge is 0.305 e. The molecular weight excluding hydrogens is 822 g/mol. The number of aryl methyl sites for hydroxylation is 3. The Hall–Kier alpha value is -4.54. The Labute approximate surface area is 338 Å². The summed E-state index contributed by atoms with van der Waals surface area (Å²) in [6.45, 7) is 4.26. The molecule has 3 aromatic heterocycles. The van der Waals surface area contributed by atoms with Crippen LogP contribution in [0.3, 0.4) is 0 Å². The predicted molar refractivity (Wildman–Crippen MR) is 240 cm³/mol. The Kier molecular flexibility index (Phi) is 13.7. The second-order valence-electron chi connectivity index (χ2n) is 12.3. The highest BCUT2D eigenvalue weighted by Gasteiger charge is 2.13. The van der Waals surface area contributed by atoms with E-state index in [0.29, 0.717) is 12.8 Å². The fraction of sp³-hybridized carbons (Fsp3) is 0.109. The summed E-state index contributed by atoms with van der Waals surface area (Å²) in [6, 6.07) is 47.1. The van der Waals surface area contributed by atoms with Gasteiger partial charge in [-0.05, 0) is 162 Å². The van der Waals surface area contributed by atoms with Crippen molar-refractivity contribution in [2.45, 2.75) is 26.7 Å². The lowest BCUT2D eigenvalue weighted by Crippen LogP contribution is -2.10. The molecule has 0 aliphatic carbocycles. The van der Waals surface area contributed by atoms with Gasteiger partial charge < -0.3 is 9.64 Å². The molecule has 3 heterocycles. The highest BCUT2D eigenvalue weighted by molar-refractivity contribution is 14.1. The minimum atomic E-state index is -0.190. The average Bonchev–Trinajstić information content (AvgIpc) is 3.98. The second-order valence-corrected chi connectivity index (χ2v) is 17.1. The Morgan fingerprint density at radius 3 is 1.62 bits per heavy atom. The molecule has 7 rings (SSSR count). The zero-order chi connectivity index (χ0) is 37.0. The van der Waals surface area contributed by atoms with Gasteiger partial charge >= 0.3 is 5.97 Å². The molecule has 0 aliphatic rings. The van der Waals surface area contributed by atoms with E-state index in [1.54, 1.807) is 22.7 Å². The number of methoxy groups -OCH3 is 1. The van der Waals surface area contributed by atoms with E-state index in [0.717, 1.165) is 28.2 Å². The van der Waals surface area contributed by atoms with Crippen molar-refractivity contribution in [3.63, 3.8) is 0 Å². The number of benzene rings is 4. The first kappa shape index (κ1) is 38.2. The molecule has 53 heavy (non-hydrogen) atoms. The normalized spacial score (nSPS) is 11.1. The number of thiophene rings is 3. The van der Waals surface area contributed by atoms with Crippen LogP contribution in [0.1, 0.15) is 42.6 Å². The highest BCUT2D eigenvalue weighted by Crippen LogP contribution is 2.36. The van der Waals surface area contributed by atoms with Gasteiger partial charge in [0, 0.05) is 51.4 Å². The maximum absolute atomic E-state index is 11.6. The third-order valence-electron chi connectivity index (χ3n) is 8.39. The Morgan fingerprint density at radius 2 is 1.15 bits per heavy atom. The van der Waals surface area contributed by atoms with Crippen LogP contribution in [-0.4, -0.2) is 13.1 Å². The molecule has 0 fully saturated rings. The van der Waals surface area contributed by atoms with Crippen molar-refractivity contribution in [1.29, 1.82) is 0 Å². The number of halogens is 1. The predicted octanol–water partition coefficient (Wildman–Crippen LogP) is 14.4. The molecule has 0 spiro atoms. The van der Waals surface area contributed by atoms with Gasteiger partial charge in [-0.25, -0.2) is 0 Å². The highest BCUT2D eigenvalue weighted by atomic mass is 127. The van der Waals surface area contributed by atoms with Crippen LogP contribution in [-0.2, 0) is 16.0 Å². The van der Waals surface area contributed by atoms with E-state index in [1.165, 1.54) is 46.2 Å². The van der Waals surface area contributed by atoms with Gasteiger partial charge in [0.2, 0.25) is 0 Å². The summed E-state index contributed by atoms with van der Waals surface area (Å²) >= 11 is 7.68. The van der Waals surface area contributed by atoms with E-state index in [-0.39, 0.29) is 5.97 Å². The van der Waals surface area contributed by atoms with Crippen LogP contribution in [0.4, 0.5) is 17.1 Å². The topological polar surface area (TPSA) is 29.5 Å². The fourth-order valence-electron chi connectivity index (χ4n) is 5.58. The lowest BCUT2D eigenvalue weighted by Gasteiger charge is -2.26. The summed E-state index contributed by atoms with van der Waals surface area (Å²) in [5.41, 5.74) is 7.97. The molecule has 0 amide bonds. The molecule has 0 saturated carbocycles. The standard InChI is InChI=1S/C33H29NO2S2.C13H11IS/c1-24-5-20-31(38-24)21-10-25-6-14-28(15-7-25)34(29-16-8-26(9-17-29)11-22-33(35)36-2)30-18-12-27(13-19-30)32-4-3-23-37-32;1-10-2-8-13(15-10)9-5-11-3-6-12(14)7-4-11/h3-10,12-21,23H,11,22H2,1-2H3;2-9H,1H3/b21-10+;9-5+. The molecule has 7 aromatic rings. The molecule has 3 nitrogen and oxygen atoms in total. The monoisotopic (exact) mass is 861 g/mol. The van der Waals surface area contributed by atoms with Gasteiger partial charge in [-0.1, -0.05) is 66.7 Å². The molecule has 7 heteroatoms. The molecule has 0 saturated heterocycles. The van der Waals surface area contributed by atoms with Crippen LogP contribution in [0.25, 0.3) is 34.7 Å². The zero-order valence-corrected chi connectivity index (χ0v) is 34.5. The molecular formula is C46H40INO2S3. The molecule has 0 N–H and O–H groups in total. The van der Waals surface area contributed by atoms with Crippen molar-refractivity contribution in [3.8, 4) is 10.4 Å². The third-order valence-corrected chi connectivity index (χ3v) is 12.0. The molecule has 0 bridgehead atoms. The summed E-state index contributed by atoms with van der Waals surface area (Å²) < 4.78 is 6.06. The largest absolute Gasteiger partial charge is 0.469 e. The number of carbonyl (C=O) groups excluding carboxylic acids is 1. The number of carbonyl (C=O) groups is 1. The van der Waals surface area contributed by atoms with Gasteiger partial charge in [0.15, 0.2) is 0 Å². The maximum atomic E-state index is 11.6. The first-order valence-electron chi connectivity index (χ1n) is 17.3. The van der Waals surface area contributed by atoms with Crippen LogP contribution < -0.4 is 4.90 Å². The van der Waals surface area contributed by atoms with Crippen molar-refractivity contribution in [3.05, 3.63) is 179 Å².